The maximum atomic E-state index is 3.75. The van der Waals surface area contributed by atoms with E-state index in [1.165, 1.54) is 19.3 Å². The van der Waals surface area contributed by atoms with E-state index in [0.29, 0.717) is 11.3 Å². The third-order valence-electron chi connectivity index (χ3n) is 4.45. The fraction of sp³-hybridized carbons (Fsp3) is 0.667. The molecule has 0 fully saturated rings. The quantitative estimate of drug-likeness (QED) is 0.781. The molecule has 20 heavy (non-hydrogen) atoms. The molecule has 1 aliphatic carbocycles. The molecule has 0 amide bonds. The van der Waals surface area contributed by atoms with Crippen LogP contribution in [0.2, 0.25) is 0 Å². The van der Waals surface area contributed by atoms with Crippen molar-refractivity contribution in [1.29, 1.82) is 0 Å². The average Bonchev–Trinajstić information content (AvgIpc) is 2.60. The van der Waals surface area contributed by atoms with E-state index in [-0.39, 0.29) is 0 Å². The van der Waals surface area contributed by atoms with Gasteiger partial charge < -0.3 is 5.32 Å². The molecule has 0 saturated carbocycles. The number of thioether (sulfide) groups is 1. The van der Waals surface area contributed by atoms with Crippen LogP contribution < -0.4 is 5.32 Å². The Morgan fingerprint density at radius 1 is 1.25 bits per heavy atom. The minimum Gasteiger partial charge on any atom is -0.309 e. The Bertz CT molecular complexity index is 416. The van der Waals surface area contributed by atoms with Gasteiger partial charge in [-0.1, -0.05) is 52.0 Å². The lowest BCUT2D eigenvalue weighted by Gasteiger charge is -2.30. The Labute approximate surface area is 128 Å². The van der Waals surface area contributed by atoms with Crippen molar-refractivity contribution in [3.8, 4) is 0 Å². The second-order valence-electron chi connectivity index (χ2n) is 6.25. The number of hydrogen-bond donors (Lipinski definition) is 1. The maximum Gasteiger partial charge on any atom is 0.0443 e. The van der Waals surface area contributed by atoms with Gasteiger partial charge in [-0.15, -0.1) is 0 Å². The summed E-state index contributed by atoms with van der Waals surface area (Å²) in [5.74, 6) is 0.751. The lowest BCUT2D eigenvalue weighted by molar-refractivity contribution is 0.512. The zero-order valence-electron chi connectivity index (χ0n) is 13.4. The van der Waals surface area contributed by atoms with Gasteiger partial charge >= 0.3 is 0 Å². The highest BCUT2D eigenvalue weighted by Crippen LogP contribution is 2.38. The highest BCUT2D eigenvalue weighted by Gasteiger charge is 2.29. The van der Waals surface area contributed by atoms with Crippen LogP contribution in [0.1, 0.15) is 57.7 Å². The van der Waals surface area contributed by atoms with Crippen LogP contribution in [0.25, 0.3) is 0 Å². The van der Waals surface area contributed by atoms with Crippen LogP contribution in [0, 0.1) is 5.92 Å². The first-order chi connectivity index (χ1) is 9.63. The van der Waals surface area contributed by atoms with Crippen molar-refractivity contribution in [3.05, 3.63) is 35.4 Å². The van der Waals surface area contributed by atoms with Gasteiger partial charge in [0.15, 0.2) is 0 Å². The molecule has 2 heteroatoms. The van der Waals surface area contributed by atoms with Gasteiger partial charge in [0.1, 0.15) is 0 Å². The monoisotopic (exact) mass is 291 g/mol. The first kappa shape index (κ1) is 15.9. The fourth-order valence-electron chi connectivity index (χ4n) is 2.97. The molecule has 0 bridgehead atoms. The highest BCUT2D eigenvalue weighted by molar-refractivity contribution is 8.00. The molecule has 3 atom stereocenters. The van der Waals surface area contributed by atoms with Crippen LogP contribution in [-0.2, 0) is 6.42 Å². The lowest BCUT2D eigenvalue weighted by Crippen LogP contribution is -2.31. The first-order valence-electron chi connectivity index (χ1n) is 8.10. The summed E-state index contributed by atoms with van der Waals surface area (Å²) in [4.78, 5) is 0. The van der Waals surface area contributed by atoms with E-state index < -0.39 is 0 Å². The summed E-state index contributed by atoms with van der Waals surface area (Å²) < 4.78 is 0. The summed E-state index contributed by atoms with van der Waals surface area (Å²) >= 11 is 2.19. The van der Waals surface area contributed by atoms with Crippen molar-refractivity contribution in [1.82, 2.24) is 5.32 Å². The number of rotatable bonds is 5. The van der Waals surface area contributed by atoms with E-state index in [9.17, 15) is 0 Å². The molecule has 1 N–H and O–H groups in total. The van der Waals surface area contributed by atoms with Crippen molar-refractivity contribution in [2.24, 2.45) is 5.92 Å². The predicted octanol–water partition coefficient (Wildman–Crippen LogP) is 4.82. The Balaban J connectivity index is 2.23. The van der Waals surface area contributed by atoms with Gasteiger partial charge in [-0.05, 0) is 42.9 Å². The van der Waals surface area contributed by atoms with E-state index in [1.807, 2.05) is 0 Å². The Morgan fingerprint density at radius 3 is 2.70 bits per heavy atom. The molecule has 112 valence electrons. The van der Waals surface area contributed by atoms with E-state index in [4.69, 9.17) is 0 Å². The van der Waals surface area contributed by atoms with Crippen molar-refractivity contribution >= 4 is 11.8 Å². The van der Waals surface area contributed by atoms with E-state index in [1.54, 1.807) is 11.1 Å². The third-order valence-corrected chi connectivity index (χ3v) is 6.28. The molecule has 0 aliphatic heterocycles. The normalized spacial score (nSPS) is 24.2. The molecular weight excluding hydrogens is 262 g/mol. The fourth-order valence-corrected chi connectivity index (χ4v) is 4.54. The largest absolute Gasteiger partial charge is 0.309 e. The highest BCUT2D eigenvalue weighted by atomic mass is 32.2. The van der Waals surface area contributed by atoms with Crippen LogP contribution in [0.5, 0.6) is 0 Å². The molecule has 1 aromatic rings. The van der Waals surface area contributed by atoms with Gasteiger partial charge in [0, 0.05) is 16.5 Å². The van der Waals surface area contributed by atoms with Gasteiger partial charge in [0.2, 0.25) is 0 Å². The van der Waals surface area contributed by atoms with Crippen LogP contribution in [-0.4, -0.2) is 17.0 Å². The smallest absolute Gasteiger partial charge is 0.0443 e. The molecule has 1 aromatic carbocycles. The zero-order valence-corrected chi connectivity index (χ0v) is 14.2. The van der Waals surface area contributed by atoms with Gasteiger partial charge in [-0.2, -0.15) is 11.8 Å². The molecule has 0 radical (unpaired) electrons. The van der Waals surface area contributed by atoms with Crippen molar-refractivity contribution in [2.45, 2.75) is 63.5 Å². The minimum atomic E-state index is 0.518. The summed E-state index contributed by atoms with van der Waals surface area (Å²) in [6.45, 7) is 10.3. The summed E-state index contributed by atoms with van der Waals surface area (Å²) in [6.07, 6.45) is 3.89. The molecule has 2 rings (SSSR count). The lowest BCUT2D eigenvalue weighted by atomic mass is 9.99. The number of benzene rings is 1. The van der Waals surface area contributed by atoms with Crippen molar-refractivity contribution < 1.29 is 0 Å². The predicted molar refractivity (Wildman–Crippen MR) is 91.5 cm³/mol. The van der Waals surface area contributed by atoms with Crippen LogP contribution in [0.15, 0.2) is 24.3 Å². The Morgan fingerprint density at radius 2 is 2.00 bits per heavy atom. The molecular formula is C18H29NS. The summed E-state index contributed by atoms with van der Waals surface area (Å²) in [7, 11) is 0. The Hall–Kier alpha value is -0.470. The van der Waals surface area contributed by atoms with Gasteiger partial charge in [0.05, 0.1) is 0 Å². The van der Waals surface area contributed by atoms with Gasteiger partial charge in [-0.3, -0.25) is 0 Å². The molecule has 1 aliphatic rings. The van der Waals surface area contributed by atoms with Gasteiger partial charge in [0.25, 0.3) is 0 Å². The molecule has 1 nitrogen and oxygen atoms in total. The third kappa shape index (κ3) is 3.79. The summed E-state index contributed by atoms with van der Waals surface area (Å²) in [6, 6.07) is 9.55. The van der Waals surface area contributed by atoms with Crippen molar-refractivity contribution in [2.75, 3.05) is 6.54 Å². The van der Waals surface area contributed by atoms with Crippen LogP contribution in [0.3, 0.4) is 0 Å². The number of aryl methyl sites for hydroxylation is 1. The van der Waals surface area contributed by atoms with E-state index >= 15 is 0 Å². The number of fused-ring (bicyclic) bond motifs is 1. The molecule has 0 aromatic heterocycles. The molecule has 3 unspecified atom stereocenters. The number of nitrogens with one attached hydrogen (secondary N) is 1. The minimum absolute atomic E-state index is 0.518. The summed E-state index contributed by atoms with van der Waals surface area (Å²) in [5, 5.41) is 5.19. The average molecular weight is 292 g/mol. The first-order valence-corrected chi connectivity index (χ1v) is 9.04. The van der Waals surface area contributed by atoms with Crippen molar-refractivity contribution in [3.63, 3.8) is 0 Å². The number of hydrogen-bond acceptors (Lipinski definition) is 2. The standard InChI is InChI=1S/C18H29NS/c1-5-19-18-16-11-7-6-9-15(16)10-8-12-17(18)20-14(4)13(2)3/h6-7,9,11,13-14,17-19H,5,8,10,12H2,1-4H3. The molecule has 0 saturated heterocycles. The van der Waals surface area contributed by atoms with E-state index in [0.717, 1.165) is 17.7 Å². The maximum absolute atomic E-state index is 3.75. The zero-order chi connectivity index (χ0) is 14.5. The molecule has 0 spiro atoms. The van der Waals surface area contributed by atoms with E-state index in [2.05, 4.69) is 69.0 Å². The molecule has 0 heterocycles. The topological polar surface area (TPSA) is 12.0 Å². The van der Waals surface area contributed by atoms with Gasteiger partial charge in [-0.25, -0.2) is 0 Å². The summed E-state index contributed by atoms with van der Waals surface area (Å²) in [5.41, 5.74) is 3.10. The van der Waals surface area contributed by atoms with Crippen LogP contribution in [0.4, 0.5) is 0 Å². The van der Waals surface area contributed by atoms with Crippen LogP contribution >= 0.6 is 11.8 Å². The SMILES string of the molecule is CCNC1c2ccccc2CCCC1SC(C)C(C)C. The second kappa shape index (κ2) is 7.51. The second-order valence-corrected chi connectivity index (χ2v) is 7.87. The Kier molecular flexibility index (Phi) is 5.98.